The average Bonchev–Trinajstić information content (AvgIpc) is 2.28. The molecule has 0 radical (unpaired) electrons. The number of hydrogen-bond acceptors (Lipinski definition) is 3. The Bertz CT molecular complexity index is 480. The monoisotopic (exact) mass is 243 g/mol. The number of alkyl halides is 3. The maximum atomic E-state index is 12.1. The first-order valence-electron chi connectivity index (χ1n) is 4.90. The van der Waals surface area contributed by atoms with Crippen molar-refractivity contribution in [3.8, 4) is 0 Å². The van der Waals surface area contributed by atoms with Gasteiger partial charge >= 0.3 is 12.1 Å². The number of esters is 1. The summed E-state index contributed by atoms with van der Waals surface area (Å²) >= 11 is 0. The van der Waals surface area contributed by atoms with Crippen LogP contribution < -0.4 is 0 Å². The summed E-state index contributed by atoms with van der Waals surface area (Å²) in [5.41, 5.74) is 1.27. The smallest absolute Gasteiger partial charge is 0.401 e. The molecule has 17 heavy (non-hydrogen) atoms. The third kappa shape index (κ3) is 2.46. The lowest BCUT2D eigenvalue weighted by molar-refractivity contribution is -0.191. The van der Waals surface area contributed by atoms with Crippen molar-refractivity contribution in [2.75, 3.05) is 6.54 Å². The predicted molar refractivity (Wildman–Crippen MR) is 53.7 cm³/mol. The minimum absolute atomic E-state index is 0.255. The summed E-state index contributed by atoms with van der Waals surface area (Å²) in [6.45, 7) is 0.317. The van der Waals surface area contributed by atoms with E-state index >= 15 is 0 Å². The van der Waals surface area contributed by atoms with Crippen molar-refractivity contribution in [1.82, 2.24) is 0 Å². The van der Waals surface area contributed by atoms with Crippen LogP contribution in [0.25, 0.3) is 0 Å². The number of benzene rings is 1. The standard InChI is InChI=1S/C11H8F3NO2/c12-11(13,14)10(16)17-9-8-4-2-1-3-7(8)5-6-15-9/h1-4H,5-6H2. The zero-order valence-electron chi connectivity index (χ0n) is 8.62. The Kier molecular flexibility index (Phi) is 2.87. The fraction of sp³-hybridized carbons (Fsp3) is 0.273. The Morgan fingerprint density at radius 1 is 1.29 bits per heavy atom. The van der Waals surface area contributed by atoms with Gasteiger partial charge in [0.05, 0.1) is 0 Å². The summed E-state index contributed by atoms with van der Waals surface area (Å²) in [6, 6.07) is 6.77. The van der Waals surface area contributed by atoms with E-state index in [1.165, 1.54) is 0 Å². The second-order valence-electron chi connectivity index (χ2n) is 3.48. The number of nitrogens with zero attached hydrogens (tertiary/aromatic N) is 1. The summed E-state index contributed by atoms with van der Waals surface area (Å²) in [6.07, 6.45) is -4.38. The van der Waals surface area contributed by atoms with Gasteiger partial charge in [-0.2, -0.15) is 13.2 Å². The Hall–Kier alpha value is -1.85. The van der Waals surface area contributed by atoms with Gasteiger partial charge in [-0.3, -0.25) is 4.99 Å². The molecule has 0 amide bonds. The Morgan fingerprint density at radius 2 is 2.00 bits per heavy atom. The summed E-state index contributed by atoms with van der Waals surface area (Å²) < 4.78 is 40.4. The van der Waals surface area contributed by atoms with Crippen molar-refractivity contribution < 1.29 is 22.7 Å². The second kappa shape index (κ2) is 4.20. The highest BCUT2D eigenvalue weighted by Crippen LogP contribution is 2.21. The molecule has 0 aromatic heterocycles. The normalized spacial score (nSPS) is 14.9. The molecule has 90 valence electrons. The molecule has 1 aromatic rings. The number of hydrogen-bond donors (Lipinski definition) is 0. The van der Waals surface area contributed by atoms with E-state index in [1.807, 2.05) is 0 Å². The van der Waals surface area contributed by atoms with Crippen LogP contribution in [0.1, 0.15) is 11.1 Å². The van der Waals surface area contributed by atoms with Crippen LogP contribution in [0.15, 0.2) is 29.3 Å². The Labute approximate surface area is 94.9 Å². The molecule has 1 aromatic carbocycles. The lowest BCUT2D eigenvalue weighted by Crippen LogP contribution is -2.29. The van der Waals surface area contributed by atoms with Crippen LogP contribution in [-0.4, -0.2) is 24.6 Å². The molecule has 1 aliphatic heterocycles. The van der Waals surface area contributed by atoms with Crippen molar-refractivity contribution in [3.63, 3.8) is 0 Å². The van der Waals surface area contributed by atoms with Gasteiger partial charge in [0, 0.05) is 12.1 Å². The molecule has 2 rings (SSSR count). The van der Waals surface area contributed by atoms with E-state index in [9.17, 15) is 18.0 Å². The molecule has 1 heterocycles. The highest BCUT2D eigenvalue weighted by molar-refractivity contribution is 6.03. The highest BCUT2D eigenvalue weighted by Gasteiger charge is 2.42. The van der Waals surface area contributed by atoms with E-state index in [-0.39, 0.29) is 5.90 Å². The van der Waals surface area contributed by atoms with E-state index in [4.69, 9.17) is 0 Å². The third-order valence-corrected chi connectivity index (χ3v) is 2.31. The second-order valence-corrected chi connectivity index (χ2v) is 3.48. The first-order chi connectivity index (χ1) is 7.98. The van der Waals surface area contributed by atoms with E-state index in [1.54, 1.807) is 24.3 Å². The molecule has 0 spiro atoms. The van der Waals surface area contributed by atoms with Gasteiger partial charge in [0.25, 0.3) is 0 Å². The maximum Gasteiger partial charge on any atom is 0.491 e. The molecule has 0 bridgehead atoms. The SMILES string of the molecule is O=C(OC1=NCCc2ccccc21)C(F)(F)F. The van der Waals surface area contributed by atoms with Crippen LogP contribution in [0, 0.1) is 0 Å². The lowest BCUT2D eigenvalue weighted by atomic mass is 10.0. The highest BCUT2D eigenvalue weighted by atomic mass is 19.4. The molecule has 6 heteroatoms. The lowest BCUT2D eigenvalue weighted by Gasteiger charge is -2.16. The molecule has 0 N–H and O–H groups in total. The molecule has 0 fully saturated rings. The number of carbonyl (C=O) groups excluding carboxylic acids is 1. The van der Waals surface area contributed by atoms with Crippen LogP contribution in [0.2, 0.25) is 0 Å². The van der Waals surface area contributed by atoms with Crippen molar-refractivity contribution in [1.29, 1.82) is 0 Å². The third-order valence-electron chi connectivity index (χ3n) is 2.31. The molecule has 0 unspecified atom stereocenters. The molecule has 0 atom stereocenters. The topological polar surface area (TPSA) is 38.7 Å². The first-order valence-corrected chi connectivity index (χ1v) is 4.90. The van der Waals surface area contributed by atoms with Gasteiger partial charge in [-0.15, -0.1) is 0 Å². The molecule has 3 nitrogen and oxygen atoms in total. The summed E-state index contributed by atoms with van der Waals surface area (Å²) in [5.74, 6) is -2.50. The van der Waals surface area contributed by atoms with Crippen molar-refractivity contribution in [3.05, 3.63) is 35.4 Å². The summed E-state index contributed by atoms with van der Waals surface area (Å²) in [7, 11) is 0. The van der Waals surface area contributed by atoms with Gasteiger partial charge in [0.15, 0.2) is 0 Å². The molecular formula is C11H8F3NO2. The van der Waals surface area contributed by atoms with Gasteiger partial charge in [0.2, 0.25) is 5.90 Å². The minimum Gasteiger partial charge on any atom is -0.401 e. The number of rotatable bonds is 0. The van der Waals surface area contributed by atoms with E-state index < -0.39 is 12.1 Å². The number of fused-ring (bicyclic) bond motifs is 1. The van der Waals surface area contributed by atoms with Gasteiger partial charge in [-0.25, -0.2) is 4.79 Å². The van der Waals surface area contributed by atoms with E-state index in [0.29, 0.717) is 18.5 Å². The van der Waals surface area contributed by atoms with Crippen molar-refractivity contribution in [2.45, 2.75) is 12.6 Å². The Morgan fingerprint density at radius 3 is 2.71 bits per heavy atom. The molecule has 0 saturated carbocycles. The first kappa shape index (κ1) is 11.6. The van der Waals surface area contributed by atoms with Crippen molar-refractivity contribution in [2.24, 2.45) is 4.99 Å². The van der Waals surface area contributed by atoms with Gasteiger partial charge < -0.3 is 4.74 Å². The van der Waals surface area contributed by atoms with Crippen LogP contribution in [0.4, 0.5) is 13.2 Å². The summed E-state index contributed by atoms with van der Waals surface area (Å²) in [5, 5.41) is 0. The minimum atomic E-state index is -5.01. The zero-order valence-corrected chi connectivity index (χ0v) is 8.62. The number of ether oxygens (including phenoxy) is 1. The van der Waals surface area contributed by atoms with Crippen LogP contribution in [0.3, 0.4) is 0 Å². The average molecular weight is 243 g/mol. The Balaban J connectivity index is 2.24. The largest absolute Gasteiger partial charge is 0.491 e. The fourth-order valence-corrected chi connectivity index (χ4v) is 1.54. The summed E-state index contributed by atoms with van der Waals surface area (Å²) in [4.78, 5) is 14.5. The van der Waals surface area contributed by atoms with Crippen molar-refractivity contribution >= 4 is 11.9 Å². The van der Waals surface area contributed by atoms with E-state index in [2.05, 4.69) is 9.73 Å². The molecular weight excluding hydrogens is 235 g/mol. The molecule has 0 saturated heterocycles. The zero-order chi connectivity index (χ0) is 12.5. The van der Waals surface area contributed by atoms with Gasteiger partial charge in [-0.1, -0.05) is 18.2 Å². The van der Waals surface area contributed by atoms with Crippen LogP contribution in [-0.2, 0) is 16.0 Å². The van der Waals surface area contributed by atoms with E-state index in [0.717, 1.165) is 5.56 Å². The van der Waals surface area contributed by atoms with Gasteiger partial charge in [-0.05, 0) is 18.1 Å². The van der Waals surface area contributed by atoms with Crippen LogP contribution >= 0.6 is 0 Å². The fourth-order valence-electron chi connectivity index (χ4n) is 1.54. The number of carbonyl (C=O) groups is 1. The number of aliphatic imine (C=N–C) groups is 1. The predicted octanol–water partition coefficient (Wildman–Crippen LogP) is 2.09. The molecule has 0 aliphatic carbocycles. The van der Waals surface area contributed by atoms with Gasteiger partial charge in [0.1, 0.15) is 0 Å². The van der Waals surface area contributed by atoms with Crippen LogP contribution in [0.5, 0.6) is 0 Å². The molecule has 1 aliphatic rings. The number of halogens is 3. The maximum absolute atomic E-state index is 12.1. The quantitative estimate of drug-likeness (QED) is 0.654.